The van der Waals surface area contributed by atoms with Gasteiger partial charge in [0.2, 0.25) is 5.91 Å². The third-order valence-corrected chi connectivity index (χ3v) is 6.28. The lowest BCUT2D eigenvalue weighted by Crippen LogP contribution is -2.33. The zero-order chi connectivity index (χ0) is 24.2. The molecular weight excluding hydrogens is 463 g/mol. The normalized spacial score (nSPS) is 17.3. The van der Waals surface area contributed by atoms with Crippen LogP contribution in [0.2, 0.25) is 0 Å². The summed E-state index contributed by atoms with van der Waals surface area (Å²) in [6.07, 6.45) is 7.48. The lowest BCUT2D eigenvalue weighted by atomic mass is 10.0. The molecule has 0 radical (unpaired) electrons. The summed E-state index contributed by atoms with van der Waals surface area (Å²) < 4.78 is 15.3. The smallest absolute Gasteiger partial charge is 0.226 e. The quantitative estimate of drug-likeness (QED) is 0.377. The first-order valence-corrected chi connectivity index (χ1v) is 11.6. The summed E-state index contributed by atoms with van der Waals surface area (Å²) in [7, 11) is 0. The molecule has 0 unspecified atom stereocenters. The van der Waals surface area contributed by atoms with E-state index in [2.05, 4.69) is 31.2 Å². The number of thiocarbonyl (C=S) groups is 1. The number of carbonyl (C=O) groups excluding carboxylic acids is 1. The van der Waals surface area contributed by atoms with Crippen LogP contribution in [0, 0.1) is 5.82 Å². The van der Waals surface area contributed by atoms with Crippen LogP contribution in [0.25, 0.3) is 5.69 Å². The van der Waals surface area contributed by atoms with Gasteiger partial charge in [0.1, 0.15) is 5.82 Å². The van der Waals surface area contributed by atoms with Crippen LogP contribution < -0.4 is 10.6 Å². The molecule has 1 aromatic carbocycles. The first kappa shape index (κ1) is 22.7. The van der Waals surface area contributed by atoms with E-state index in [1.54, 1.807) is 18.6 Å². The Balaban J connectivity index is 1.42. The Kier molecular flexibility index (Phi) is 6.49. The molecule has 1 saturated heterocycles. The van der Waals surface area contributed by atoms with Crippen molar-refractivity contribution in [2.45, 2.75) is 18.5 Å². The average molecular weight is 487 g/mol. The molecule has 4 aromatic rings. The maximum atomic E-state index is 13.2. The Hall–Kier alpha value is -4.11. The van der Waals surface area contributed by atoms with Gasteiger partial charge in [0.25, 0.3) is 0 Å². The lowest BCUT2D eigenvalue weighted by molar-refractivity contribution is -0.116. The van der Waals surface area contributed by atoms with E-state index in [1.807, 2.05) is 47.5 Å². The van der Waals surface area contributed by atoms with Crippen LogP contribution in [0.5, 0.6) is 0 Å². The first-order valence-electron chi connectivity index (χ1n) is 11.2. The van der Waals surface area contributed by atoms with Gasteiger partial charge in [-0.2, -0.15) is 0 Å². The summed E-state index contributed by atoms with van der Waals surface area (Å²) in [5.41, 5.74) is 3.40. The van der Waals surface area contributed by atoms with Crippen LogP contribution in [0.15, 0.2) is 91.5 Å². The maximum Gasteiger partial charge on any atom is 0.226 e. The summed E-state index contributed by atoms with van der Waals surface area (Å²) in [6, 6.07) is 19.1. The van der Waals surface area contributed by atoms with E-state index in [0.29, 0.717) is 17.3 Å². The number of rotatable bonds is 7. The van der Waals surface area contributed by atoms with Gasteiger partial charge < -0.3 is 20.1 Å². The van der Waals surface area contributed by atoms with E-state index in [9.17, 15) is 9.18 Å². The molecule has 0 saturated carbocycles. The Labute approximate surface area is 207 Å². The predicted octanol–water partition coefficient (Wildman–Crippen LogP) is 4.41. The molecule has 0 aliphatic carbocycles. The van der Waals surface area contributed by atoms with Gasteiger partial charge in [0, 0.05) is 54.8 Å². The SMILES string of the molecule is O=C(CCN1C(=S)N[C@@H](c2ccccn2)[C@H]1c1cccn1-c1ccncc1)Nc1ccc(F)cc1. The van der Waals surface area contributed by atoms with Crippen LogP contribution in [0.1, 0.15) is 29.9 Å². The molecule has 5 rings (SSSR count). The fourth-order valence-electron chi connectivity index (χ4n) is 4.32. The number of nitrogens with zero attached hydrogens (tertiary/aromatic N) is 4. The summed E-state index contributed by atoms with van der Waals surface area (Å²) in [6.45, 7) is 0.397. The Morgan fingerprint density at radius 3 is 2.57 bits per heavy atom. The molecule has 0 spiro atoms. The summed E-state index contributed by atoms with van der Waals surface area (Å²) in [4.78, 5) is 23.4. The van der Waals surface area contributed by atoms with Crippen molar-refractivity contribution in [1.82, 2.24) is 24.8 Å². The van der Waals surface area contributed by atoms with Crippen molar-refractivity contribution in [1.29, 1.82) is 0 Å². The number of benzene rings is 1. The minimum Gasteiger partial charge on any atom is -0.352 e. The van der Waals surface area contributed by atoms with E-state index >= 15 is 0 Å². The molecule has 1 aliphatic rings. The van der Waals surface area contributed by atoms with Crippen molar-refractivity contribution in [3.05, 3.63) is 109 Å². The fraction of sp³-hybridized carbons (Fsp3) is 0.154. The van der Waals surface area contributed by atoms with Crippen molar-refractivity contribution in [2.24, 2.45) is 0 Å². The van der Waals surface area contributed by atoms with E-state index in [1.165, 1.54) is 24.3 Å². The molecule has 9 heteroatoms. The van der Waals surface area contributed by atoms with E-state index in [4.69, 9.17) is 12.2 Å². The second-order valence-corrected chi connectivity index (χ2v) is 8.52. The van der Waals surface area contributed by atoms with Crippen molar-refractivity contribution in [2.75, 3.05) is 11.9 Å². The monoisotopic (exact) mass is 486 g/mol. The van der Waals surface area contributed by atoms with Gasteiger partial charge in [0.15, 0.2) is 5.11 Å². The first-order chi connectivity index (χ1) is 17.1. The largest absolute Gasteiger partial charge is 0.352 e. The van der Waals surface area contributed by atoms with Crippen LogP contribution in [-0.4, -0.2) is 37.0 Å². The van der Waals surface area contributed by atoms with Gasteiger partial charge in [0.05, 0.1) is 17.8 Å². The summed E-state index contributed by atoms with van der Waals surface area (Å²) in [5, 5.41) is 6.79. The molecule has 35 heavy (non-hydrogen) atoms. The molecule has 7 nitrogen and oxygen atoms in total. The molecule has 0 bridgehead atoms. The number of halogens is 1. The van der Waals surface area contributed by atoms with Crippen LogP contribution >= 0.6 is 12.2 Å². The number of pyridine rings is 2. The van der Waals surface area contributed by atoms with E-state index < -0.39 is 0 Å². The van der Waals surface area contributed by atoms with E-state index in [0.717, 1.165) is 17.1 Å². The van der Waals surface area contributed by atoms with Crippen LogP contribution in [-0.2, 0) is 4.79 Å². The zero-order valence-electron chi connectivity index (χ0n) is 18.7. The number of carbonyl (C=O) groups is 1. The molecule has 2 atom stereocenters. The molecule has 2 N–H and O–H groups in total. The highest BCUT2D eigenvalue weighted by atomic mass is 32.1. The topological polar surface area (TPSA) is 75.1 Å². The fourth-order valence-corrected chi connectivity index (χ4v) is 4.65. The summed E-state index contributed by atoms with van der Waals surface area (Å²) >= 11 is 5.72. The van der Waals surface area contributed by atoms with Gasteiger partial charge in [-0.15, -0.1) is 0 Å². The number of hydrogen-bond donors (Lipinski definition) is 2. The second kappa shape index (κ2) is 10.0. The highest BCUT2D eigenvalue weighted by molar-refractivity contribution is 7.80. The van der Waals surface area contributed by atoms with Crippen molar-refractivity contribution < 1.29 is 9.18 Å². The number of nitrogens with one attached hydrogen (secondary N) is 2. The molecule has 1 fully saturated rings. The lowest BCUT2D eigenvalue weighted by Gasteiger charge is -2.28. The second-order valence-electron chi connectivity index (χ2n) is 8.13. The zero-order valence-corrected chi connectivity index (χ0v) is 19.5. The minimum atomic E-state index is -0.350. The molecule has 1 aliphatic heterocycles. The van der Waals surface area contributed by atoms with Gasteiger partial charge >= 0.3 is 0 Å². The molecular formula is C26H23FN6OS. The average Bonchev–Trinajstić information content (AvgIpc) is 3.49. The minimum absolute atomic E-state index is 0.177. The Morgan fingerprint density at radius 2 is 1.83 bits per heavy atom. The van der Waals surface area contributed by atoms with Gasteiger partial charge in [-0.1, -0.05) is 6.07 Å². The summed E-state index contributed by atoms with van der Waals surface area (Å²) in [5.74, 6) is -0.527. The van der Waals surface area contributed by atoms with Gasteiger partial charge in [-0.05, 0) is 72.9 Å². The van der Waals surface area contributed by atoms with Crippen molar-refractivity contribution in [3.8, 4) is 5.69 Å². The van der Waals surface area contributed by atoms with Crippen molar-refractivity contribution in [3.63, 3.8) is 0 Å². The molecule has 176 valence electrons. The van der Waals surface area contributed by atoms with Gasteiger partial charge in [-0.25, -0.2) is 4.39 Å². The number of amides is 1. The third kappa shape index (κ3) is 4.90. The molecule has 4 heterocycles. The predicted molar refractivity (Wildman–Crippen MR) is 135 cm³/mol. The number of hydrogen-bond acceptors (Lipinski definition) is 4. The van der Waals surface area contributed by atoms with Crippen molar-refractivity contribution >= 4 is 28.9 Å². The Morgan fingerprint density at radius 1 is 1.03 bits per heavy atom. The maximum absolute atomic E-state index is 13.2. The third-order valence-electron chi connectivity index (χ3n) is 5.93. The van der Waals surface area contributed by atoms with Crippen LogP contribution in [0.4, 0.5) is 10.1 Å². The molecule has 1 amide bonds. The standard InChI is InChI=1S/C26H23FN6OS/c27-18-6-8-19(9-7-18)30-23(34)12-17-33-25(24(31-26(33)35)21-4-1-2-13-29-21)22-5-3-16-32(22)20-10-14-28-15-11-20/h1-11,13-16,24-25H,12,17H2,(H,30,34)(H,31,35)/t24-,25+/m0/s1. The van der Waals surface area contributed by atoms with Gasteiger partial charge in [-0.3, -0.25) is 14.8 Å². The van der Waals surface area contributed by atoms with E-state index in [-0.39, 0.29) is 30.2 Å². The number of anilines is 1. The highest BCUT2D eigenvalue weighted by Gasteiger charge is 2.41. The Bertz CT molecular complexity index is 1310. The molecule has 3 aromatic heterocycles. The van der Waals surface area contributed by atoms with Crippen LogP contribution in [0.3, 0.4) is 0 Å². The highest BCUT2D eigenvalue weighted by Crippen LogP contribution is 2.39. The number of aromatic nitrogens is 3.